The monoisotopic (exact) mass is 361 g/mol. The smallest absolute Gasteiger partial charge is 0.410 e. The molecule has 1 aromatic carbocycles. The van der Waals surface area contributed by atoms with Gasteiger partial charge in [0.05, 0.1) is 12.6 Å². The first-order chi connectivity index (χ1) is 12.2. The van der Waals surface area contributed by atoms with E-state index < -0.39 is 5.60 Å². The molecular weight excluding hydrogens is 333 g/mol. The van der Waals surface area contributed by atoms with E-state index in [9.17, 15) is 9.18 Å². The summed E-state index contributed by atoms with van der Waals surface area (Å²) in [5, 5.41) is 0. The molecule has 1 aliphatic carbocycles. The number of carbonyl (C=O) groups is 1. The zero-order chi connectivity index (χ0) is 18.9. The summed E-state index contributed by atoms with van der Waals surface area (Å²) in [6.07, 6.45) is 3.71. The topological polar surface area (TPSA) is 38.8 Å². The van der Waals surface area contributed by atoms with Crippen molar-refractivity contribution in [1.29, 1.82) is 0 Å². The van der Waals surface area contributed by atoms with Crippen LogP contribution in [0.3, 0.4) is 0 Å². The molecule has 1 saturated carbocycles. The van der Waals surface area contributed by atoms with Crippen LogP contribution < -0.4 is 4.74 Å². The zero-order valence-corrected chi connectivity index (χ0v) is 15.9. The standard InChI is InChI=1S/C21H28FNO3/c1-14(18-6-5-11-23(18)20(24)26-21(2,3)4)16-9-10-17(22)19(12-16)25-13-15-7-8-15/h9-10,12,15,18H,1,5-8,11,13H2,2-4H3. The maximum absolute atomic E-state index is 14.0. The Hall–Kier alpha value is -2.04. The van der Waals surface area contributed by atoms with Gasteiger partial charge in [-0.15, -0.1) is 0 Å². The molecule has 4 nitrogen and oxygen atoms in total. The predicted octanol–water partition coefficient (Wildman–Crippen LogP) is 5.03. The normalized spacial score (nSPS) is 20.2. The minimum absolute atomic E-state index is 0.133. The first-order valence-electron chi connectivity index (χ1n) is 9.36. The van der Waals surface area contributed by atoms with Gasteiger partial charge in [0.15, 0.2) is 11.6 Å². The molecule has 2 aliphatic rings. The molecule has 1 aliphatic heterocycles. The lowest BCUT2D eigenvalue weighted by Gasteiger charge is -2.29. The first-order valence-corrected chi connectivity index (χ1v) is 9.36. The molecule has 0 spiro atoms. The summed E-state index contributed by atoms with van der Waals surface area (Å²) < 4.78 is 25.2. The van der Waals surface area contributed by atoms with E-state index in [2.05, 4.69) is 6.58 Å². The van der Waals surface area contributed by atoms with Gasteiger partial charge in [-0.2, -0.15) is 0 Å². The number of nitrogens with zero attached hydrogens (tertiary/aromatic N) is 1. The molecule has 0 aromatic heterocycles. The molecule has 2 fully saturated rings. The van der Waals surface area contributed by atoms with Crippen LogP contribution in [-0.2, 0) is 4.74 Å². The summed E-state index contributed by atoms with van der Waals surface area (Å²) in [6.45, 7) is 11.0. The molecule has 142 valence electrons. The minimum atomic E-state index is -0.536. The van der Waals surface area contributed by atoms with Crippen molar-refractivity contribution in [2.45, 2.75) is 58.1 Å². The van der Waals surface area contributed by atoms with Crippen molar-refractivity contribution < 1.29 is 18.7 Å². The Morgan fingerprint density at radius 2 is 2.04 bits per heavy atom. The molecule has 0 N–H and O–H groups in total. The number of hydrogen-bond acceptors (Lipinski definition) is 3. The molecular formula is C21H28FNO3. The van der Waals surface area contributed by atoms with E-state index >= 15 is 0 Å². The van der Waals surface area contributed by atoms with Crippen molar-refractivity contribution in [3.05, 3.63) is 36.2 Å². The number of ether oxygens (including phenoxy) is 2. The Morgan fingerprint density at radius 3 is 2.69 bits per heavy atom. The molecule has 1 aromatic rings. The highest BCUT2D eigenvalue weighted by atomic mass is 19.1. The average Bonchev–Trinajstić information content (AvgIpc) is 3.25. The molecule has 1 unspecified atom stereocenters. The van der Waals surface area contributed by atoms with Crippen LogP contribution in [0, 0.1) is 11.7 Å². The van der Waals surface area contributed by atoms with Gasteiger partial charge < -0.3 is 14.4 Å². The summed E-state index contributed by atoms with van der Waals surface area (Å²) in [4.78, 5) is 14.2. The van der Waals surface area contributed by atoms with Gasteiger partial charge in [0.25, 0.3) is 0 Å². The minimum Gasteiger partial charge on any atom is -0.490 e. The van der Waals surface area contributed by atoms with Gasteiger partial charge in [0.1, 0.15) is 5.60 Å². The molecule has 1 atom stereocenters. The van der Waals surface area contributed by atoms with Gasteiger partial charge in [0.2, 0.25) is 0 Å². The molecule has 1 saturated heterocycles. The molecule has 5 heteroatoms. The van der Waals surface area contributed by atoms with Crippen LogP contribution in [0.5, 0.6) is 5.75 Å². The number of halogens is 1. The third kappa shape index (κ3) is 4.57. The van der Waals surface area contributed by atoms with Gasteiger partial charge in [0, 0.05) is 6.54 Å². The number of benzene rings is 1. The van der Waals surface area contributed by atoms with E-state index in [1.807, 2.05) is 20.8 Å². The van der Waals surface area contributed by atoms with E-state index in [1.165, 1.54) is 6.07 Å². The molecule has 1 heterocycles. The van der Waals surface area contributed by atoms with Crippen molar-refractivity contribution in [1.82, 2.24) is 4.90 Å². The summed E-state index contributed by atoms with van der Waals surface area (Å²) in [7, 11) is 0. The maximum atomic E-state index is 14.0. The highest BCUT2D eigenvalue weighted by Gasteiger charge is 2.34. The lowest BCUT2D eigenvalue weighted by Crippen LogP contribution is -2.40. The van der Waals surface area contributed by atoms with Crippen LogP contribution in [0.2, 0.25) is 0 Å². The first kappa shape index (κ1) is 18.7. The van der Waals surface area contributed by atoms with Crippen LogP contribution in [0.4, 0.5) is 9.18 Å². The quantitative estimate of drug-likeness (QED) is 0.738. The molecule has 0 radical (unpaired) electrons. The Kier molecular flexibility index (Phi) is 5.26. The fourth-order valence-corrected chi connectivity index (χ4v) is 3.17. The Morgan fingerprint density at radius 1 is 1.31 bits per heavy atom. The summed E-state index contributed by atoms with van der Waals surface area (Å²) in [5.41, 5.74) is 1.06. The van der Waals surface area contributed by atoms with Gasteiger partial charge in [-0.3, -0.25) is 0 Å². The van der Waals surface area contributed by atoms with Gasteiger partial charge >= 0.3 is 6.09 Å². The summed E-state index contributed by atoms with van der Waals surface area (Å²) >= 11 is 0. The third-order valence-corrected chi connectivity index (χ3v) is 4.76. The van der Waals surface area contributed by atoms with Crippen LogP contribution >= 0.6 is 0 Å². The third-order valence-electron chi connectivity index (χ3n) is 4.76. The number of amides is 1. The second-order valence-electron chi connectivity index (χ2n) is 8.26. The zero-order valence-electron chi connectivity index (χ0n) is 15.9. The Bertz CT molecular complexity index is 691. The van der Waals surface area contributed by atoms with Crippen molar-refractivity contribution in [3.8, 4) is 5.75 Å². The summed E-state index contributed by atoms with van der Waals surface area (Å²) in [6, 6.07) is 4.68. The van der Waals surface area contributed by atoms with E-state index in [0.29, 0.717) is 19.1 Å². The second kappa shape index (κ2) is 7.29. The van der Waals surface area contributed by atoms with E-state index in [-0.39, 0.29) is 23.7 Å². The van der Waals surface area contributed by atoms with Gasteiger partial charge in [-0.05, 0) is 75.6 Å². The molecule has 0 bridgehead atoms. The van der Waals surface area contributed by atoms with Crippen molar-refractivity contribution in [3.63, 3.8) is 0 Å². The highest BCUT2D eigenvalue weighted by Crippen LogP contribution is 2.34. The van der Waals surface area contributed by atoms with Crippen LogP contribution in [0.15, 0.2) is 24.8 Å². The average molecular weight is 361 g/mol. The predicted molar refractivity (Wildman–Crippen MR) is 99.6 cm³/mol. The van der Waals surface area contributed by atoms with E-state index in [4.69, 9.17) is 9.47 Å². The second-order valence-corrected chi connectivity index (χ2v) is 8.26. The van der Waals surface area contributed by atoms with Crippen molar-refractivity contribution in [2.75, 3.05) is 13.2 Å². The van der Waals surface area contributed by atoms with Gasteiger partial charge in [-0.1, -0.05) is 12.6 Å². The summed E-state index contributed by atoms with van der Waals surface area (Å²) in [5.74, 6) is 0.453. The van der Waals surface area contributed by atoms with Crippen LogP contribution in [0.1, 0.15) is 52.0 Å². The number of likely N-dealkylation sites (tertiary alicyclic amines) is 1. The van der Waals surface area contributed by atoms with Crippen molar-refractivity contribution in [2.24, 2.45) is 5.92 Å². The lowest BCUT2D eigenvalue weighted by atomic mass is 9.98. The fraction of sp³-hybridized carbons (Fsp3) is 0.571. The largest absolute Gasteiger partial charge is 0.490 e. The van der Waals surface area contributed by atoms with Crippen molar-refractivity contribution >= 4 is 11.7 Å². The Labute approximate surface area is 155 Å². The molecule has 26 heavy (non-hydrogen) atoms. The highest BCUT2D eigenvalue weighted by molar-refractivity contribution is 5.76. The van der Waals surface area contributed by atoms with Crippen LogP contribution in [-0.4, -0.2) is 35.8 Å². The molecule has 1 amide bonds. The number of hydrogen-bond donors (Lipinski definition) is 0. The maximum Gasteiger partial charge on any atom is 0.410 e. The lowest BCUT2D eigenvalue weighted by molar-refractivity contribution is 0.0261. The fourth-order valence-electron chi connectivity index (χ4n) is 3.17. The number of rotatable bonds is 5. The SMILES string of the molecule is C=C(c1ccc(F)c(OCC2CC2)c1)C1CCCN1C(=O)OC(C)(C)C. The number of carbonyl (C=O) groups excluding carboxylic acids is 1. The van der Waals surface area contributed by atoms with Crippen LogP contribution in [0.25, 0.3) is 5.57 Å². The Balaban J connectivity index is 1.72. The van der Waals surface area contributed by atoms with Gasteiger partial charge in [-0.25, -0.2) is 9.18 Å². The molecule has 3 rings (SSSR count). The van der Waals surface area contributed by atoms with E-state index in [0.717, 1.165) is 36.8 Å². The van der Waals surface area contributed by atoms with E-state index in [1.54, 1.807) is 17.0 Å².